The quantitative estimate of drug-likeness (QED) is 0.720. The van der Waals surface area contributed by atoms with Gasteiger partial charge in [0.05, 0.1) is 23.3 Å². The van der Waals surface area contributed by atoms with Gasteiger partial charge in [0.15, 0.2) is 0 Å². The van der Waals surface area contributed by atoms with E-state index in [9.17, 15) is 13.6 Å². The Morgan fingerprint density at radius 1 is 1.39 bits per heavy atom. The number of nitrogens with one attached hydrogen (secondary N) is 2. The molecule has 0 radical (unpaired) electrons. The summed E-state index contributed by atoms with van der Waals surface area (Å²) in [5, 5.41) is 10.7. The van der Waals surface area contributed by atoms with Gasteiger partial charge in [-0.3, -0.25) is 9.48 Å². The number of anilines is 3. The molecule has 9 heteroatoms. The van der Waals surface area contributed by atoms with Gasteiger partial charge in [0.2, 0.25) is 11.8 Å². The predicted octanol–water partition coefficient (Wildman–Crippen LogP) is 4.05. The van der Waals surface area contributed by atoms with Gasteiger partial charge in [-0.1, -0.05) is 13.8 Å². The molecule has 168 valence electrons. The highest BCUT2D eigenvalue weighted by molar-refractivity contribution is 6.04. The van der Waals surface area contributed by atoms with Crippen LogP contribution in [-0.2, 0) is 17.9 Å². The SMILES string of the molecule is Cc1nc(NCc2cnn(C[C@H]3CCC(F)(F)C3)c2)cc2c1NC(=O)[C@H](C(C)C)N2C. The third kappa shape index (κ3) is 4.50. The fraction of sp³-hybridized carbons (Fsp3) is 0.591. The molecule has 0 spiro atoms. The maximum atomic E-state index is 13.4. The van der Waals surface area contributed by atoms with E-state index < -0.39 is 5.92 Å². The first-order chi connectivity index (χ1) is 14.6. The Balaban J connectivity index is 1.43. The average Bonchev–Trinajstić information content (AvgIpc) is 3.26. The molecule has 2 aliphatic rings. The zero-order valence-corrected chi connectivity index (χ0v) is 18.5. The lowest BCUT2D eigenvalue weighted by molar-refractivity contribution is -0.118. The second-order valence-corrected chi connectivity index (χ2v) is 9.16. The first kappa shape index (κ1) is 21.5. The molecule has 0 unspecified atom stereocenters. The molecule has 0 bridgehead atoms. The number of aromatic nitrogens is 3. The maximum absolute atomic E-state index is 13.4. The second-order valence-electron chi connectivity index (χ2n) is 9.16. The van der Waals surface area contributed by atoms with Crippen molar-refractivity contribution in [3.8, 4) is 0 Å². The largest absolute Gasteiger partial charge is 0.366 e. The van der Waals surface area contributed by atoms with Crippen LogP contribution in [0.4, 0.5) is 26.0 Å². The highest BCUT2D eigenvalue weighted by atomic mass is 19.3. The lowest BCUT2D eigenvalue weighted by Crippen LogP contribution is -2.49. The first-order valence-corrected chi connectivity index (χ1v) is 10.8. The summed E-state index contributed by atoms with van der Waals surface area (Å²) in [5.41, 5.74) is 3.39. The number of carbonyl (C=O) groups is 1. The van der Waals surface area contributed by atoms with E-state index in [0.717, 1.165) is 22.6 Å². The highest BCUT2D eigenvalue weighted by Crippen LogP contribution is 2.39. The van der Waals surface area contributed by atoms with Crippen molar-refractivity contribution in [2.75, 3.05) is 22.6 Å². The number of alkyl halides is 2. The van der Waals surface area contributed by atoms with E-state index in [4.69, 9.17) is 0 Å². The summed E-state index contributed by atoms with van der Waals surface area (Å²) in [7, 11) is 1.93. The molecule has 2 N–H and O–H groups in total. The van der Waals surface area contributed by atoms with Crippen molar-refractivity contribution < 1.29 is 13.6 Å². The Hall–Kier alpha value is -2.71. The second kappa shape index (κ2) is 8.09. The Bertz CT molecular complexity index is 973. The molecule has 1 fully saturated rings. The normalized spacial score (nSPS) is 22.5. The van der Waals surface area contributed by atoms with Crippen LogP contribution in [-0.4, -0.2) is 39.7 Å². The molecular formula is C22H30F2N6O. The summed E-state index contributed by atoms with van der Waals surface area (Å²) in [5.74, 6) is -1.68. The number of fused-ring (bicyclic) bond motifs is 1. The summed E-state index contributed by atoms with van der Waals surface area (Å²) < 4.78 is 28.6. The fourth-order valence-electron chi connectivity index (χ4n) is 4.70. The smallest absolute Gasteiger partial charge is 0.248 e. The minimum atomic E-state index is -2.53. The molecule has 2 aromatic heterocycles. The van der Waals surface area contributed by atoms with E-state index in [1.807, 2.05) is 45.0 Å². The van der Waals surface area contributed by atoms with Gasteiger partial charge in [-0.25, -0.2) is 13.8 Å². The van der Waals surface area contributed by atoms with Gasteiger partial charge < -0.3 is 15.5 Å². The third-order valence-corrected chi connectivity index (χ3v) is 6.24. The molecule has 3 heterocycles. The molecule has 1 saturated carbocycles. The van der Waals surface area contributed by atoms with Gasteiger partial charge in [0.25, 0.3) is 0 Å². The summed E-state index contributed by atoms with van der Waals surface area (Å²) in [6.07, 6.45) is 4.12. The van der Waals surface area contributed by atoms with E-state index in [1.165, 1.54) is 0 Å². The number of hydrogen-bond acceptors (Lipinski definition) is 5. The molecule has 0 saturated heterocycles. The van der Waals surface area contributed by atoms with E-state index >= 15 is 0 Å². The number of pyridine rings is 1. The number of halogens is 2. The molecule has 1 aliphatic heterocycles. The molecule has 31 heavy (non-hydrogen) atoms. The van der Waals surface area contributed by atoms with E-state index in [0.29, 0.717) is 25.3 Å². The minimum Gasteiger partial charge on any atom is -0.366 e. The van der Waals surface area contributed by atoms with Crippen molar-refractivity contribution in [2.24, 2.45) is 11.8 Å². The molecule has 1 aliphatic carbocycles. The van der Waals surface area contributed by atoms with Crippen molar-refractivity contribution in [3.63, 3.8) is 0 Å². The Labute approximate surface area is 181 Å². The third-order valence-electron chi connectivity index (χ3n) is 6.24. The summed E-state index contributed by atoms with van der Waals surface area (Å²) in [6, 6.07) is 1.71. The van der Waals surface area contributed by atoms with Crippen LogP contribution in [0.15, 0.2) is 18.5 Å². The molecule has 0 aromatic carbocycles. The Kier molecular flexibility index (Phi) is 5.61. The number of aryl methyl sites for hydroxylation is 1. The maximum Gasteiger partial charge on any atom is 0.248 e. The highest BCUT2D eigenvalue weighted by Gasteiger charge is 2.39. The van der Waals surface area contributed by atoms with Gasteiger partial charge in [-0.2, -0.15) is 5.10 Å². The number of amides is 1. The zero-order valence-electron chi connectivity index (χ0n) is 18.5. The molecular weight excluding hydrogens is 402 g/mol. The van der Waals surface area contributed by atoms with Crippen molar-refractivity contribution in [2.45, 2.75) is 65.1 Å². The van der Waals surface area contributed by atoms with Crippen LogP contribution in [0.5, 0.6) is 0 Å². The Morgan fingerprint density at radius 3 is 2.84 bits per heavy atom. The van der Waals surface area contributed by atoms with Gasteiger partial charge >= 0.3 is 0 Å². The van der Waals surface area contributed by atoms with E-state index in [1.54, 1.807) is 10.9 Å². The standard InChI is InChI=1S/C22H30F2N6O/c1-13(2)20-21(31)28-19-14(3)27-18(7-17(19)29(20)4)25-9-16-10-26-30(12-16)11-15-5-6-22(23,24)8-15/h7,10,12-13,15,20H,5-6,8-9,11H2,1-4H3,(H,25,27)(H,28,31)/t15-,20-/m0/s1. The van der Waals surface area contributed by atoms with Crippen molar-refractivity contribution in [1.29, 1.82) is 0 Å². The van der Waals surface area contributed by atoms with Crippen LogP contribution in [0.2, 0.25) is 0 Å². The lowest BCUT2D eigenvalue weighted by atomic mass is 9.98. The van der Waals surface area contributed by atoms with Crippen LogP contribution in [0.3, 0.4) is 0 Å². The van der Waals surface area contributed by atoms with Crippen LogP contribution in [0.1, 0.15) is 44.4 Å². The minimum absolute atomic E-state index is 0.0111. The first-order valence-electron chi connectivity index (χ1n) is 10.8. The van der Waals surface area contributed by atoms with Crippen molar-refractivity contribution >= 4 is 23.1 Å². The summed E-state index contributed by atoms with van der Waals surface area (Å²) >= 11 is 0. The van der Waals surface area contributed by atoms with Crippen LogP contribution < -0.4 is 15.5 Å². The average molecular weight is 433 g/mol. The zero-order chi connectivity index (χ0) is 22.3. The molecule has 2 atom stereocenters. The van der Waals surface area contributed by atoms with Gasteiger partial charge in [-0.15, -0.1) is 0 Å². The Morgan fingerprint density at radius 2 is 2.16 bits per heavy atom. The van der Waals surface area contributed by atoms with Crippen LogP contribution >= 0.6 is 0 Å². The lowest BCUT2D eigenvalue weighted by Gasteiger charge is -2.38. The number of rotatable bonds is 6. The topological polar surface area (TPSA) is 75.1 Å². The predicted molar refractivity (Wildman–Crippen MR) is 116 cm³/mol. The van der Waals surface area contributed by atoms with Gasteiger partial charge in [0.1, 0.15) is 11.9 Å². The van der Waals surface area contributed by atoms with Crippen molar-refractivity contribution in [3.05, 3.63) is 29.7 Å². The van der Waals surface area contributed by atoms with Crippen LogP contribution in [0, 0.1) is 18.8 Å². The number of hydrogen-bond donors (Lipinski definition) is 2. The molecule has 2 aromatic rings. The summed E-state index contributed by atoms with van der Waals surface area (Å²) in [4.78, 5) is 19.1. The number of carbonyl (C=O) groups excluding carboxylic acids is 1. The monoisotopic (exact) mass is 432 g/mol. The van der Waals surface area contributed by atoms with Crippen molar-refractivity contribution in [1.82, 2.24) is 14.8 Å². The molecule has 4 rings (SSSR count). The van der Waals surface area contributed by atoms with Crippen LogP contribution in [0.25, 0.3) is 0 Å². The van der Waals surface area contributed by atoms with E-state index in [2.05, 4.69) is 20.7 Å². The molecule has 7 nitrogen and oxygen atoms in total. The fourth-order valence-corrected chi connectivity index (χ4v) is 4.70. The number of nitrogens with zero attached hydrogens (tertiary/aromatic N) is 4. The number of likely N-dealkylation sites (N-methyl/N-ethyl adjacent to an activating group) is 1. The summed E-state index contributed by atoms with van der Waals surface area (Å²) in [6.45, 7) is 6.98. The molecule has 1 amide bonds. The van der Waals surface area contributed by atoms with E-state index in [-0.39, 0.29) is 36.6 Å². The van der Waals surface area contributed by atoms with Gasteiger partial charge in [0, 0.05) is 50.8 Å². The van der Waals surface area contributed by atoms with Gasteiger partial charge in [-0.05, 0) is 25.2 Å².